The third kappa shape index (κ3) is 3.10. The van der Waals surface area contributed by atoms with E-state index in [9.17, 15) is 9.90 Å². The Balaban J connectivity index is 2.25. The van der Waals surface area contributed by atoms with E-state index < -0.39 is 5.97 Å². The van der Waals surface area contributed by atoms with Crippen LogP contribution in [0.5, 0.6) is 0 Å². The zero-order chi connectivity index (χ0) is 13.0. The minimum Gasteiger partial charge on any atom is -0.476 e. The van der Waals surface area contributed by atoms with Crippen LogP contribution in [0.1, 0.15) is 78.2 Å². The summed E-state index contributed by atoms with van der Waals surface area (Å²) in [6, 6.07) is 0. The van der Waals surface area contributed by atoms with Crippen LogP contribution in [-0.4, -0.2) is 16.1 Å². The van der Waals surface area contributed by atoms with Gasteiger partial charge in [0, 0.05) is 4.88 Å². The molecule has 1 N–H and O–H groups in total. The Morgan fingerprint density at radius 3 is 2.56 bits per heavy atom. The largest absolute Gasteiger partial charge is 0.476 e. The summed E-state index contributed by atoms with van der Waals surface area (Å²) in [5.41, 5.74) is 0.329. The second-order valence-electron chi connectivity index (χ2n) is 5.06. The molecule has 0 amide bonds. The van der Waals surface area contributed by atoms with E-state index in [0.29, 0.717) is 11.6 Å². The minimum absolute atomic E-state index is 0.329. The highest BCUT2D eigenvalue weighted by atomic mass is 32.1. The van der Waals surface area contributed by atoms with Gasteiger partial charge in [-0.3, -0.25) is 0 Å². The lowest BCUT2D eigenvalue weighted by molar-refractivity contribution is 0.0689. The van der Waals surface area contributed by atoms with Gasteiger partial charge in [-0.25, -0.2) is 9.78 Å². The Morgan fingerprint density at radius 1 is 1.33 bits per heavy atom. The molecule has 1 aliphatic rings. The summed E-state index contributed by atoms with van der Waals surface area (Å²) in [5, 5.41) is 10.3. The molecule has 1 aromatic heterocycles. The summed E-state index contributed by atoms with van der Waals surface area (Å²) in [7, 11) is 0. The fraction of sp³-hybridized carbons (Fsp3) is 0.714. The van der Waals surface area contributed by atoms with Gasteiger partial charge in [-0.05, 0) is 31.6 Å². The third-order valence-corrected chi connectivity index (χ3v) is 4.87. The van der Waals surface area contributed by atoms with Crippen LogP contribution in [0.25, 0.3) is 0 Å². The van der Waals surface area contributed by atoms with E-state index >= 15 is 0 Å². The SMILES string of the molecule is CCCc1nc(C(=O)O)c(C2CCCCCC2)s1. The molecule has 0 spiro atoms. The first kappa shape index (κ1) is 13.5. The van der Waals surface area contributed by atoms with Gasteiger partial charge in [-0.1, -0.05) is 32.6 Å². The quantitative estimate of drug-likeness (QED) is 0.830. The molecular formula is C14H21NO2S. The number of carbonyl (C=O) groups is 1. The van der Waals surface area contributed by atoms with Crippen molar-refractivity contribution < 1.29 is 9.90 Å². The normalized spacial score (nSPS) is 17.6. The van der Waals surface area contributed by atoms with Crippen LogP contribution in [0.2, 0.25) is 0 Å². The van der Waals surface area contributed by atoms with Gasteiger partial charge >= 0.3 is 5.97 Å². The zero-order valence-electron chi connectivity index (χ0n) is 10.9. The van der Waals surface area contributed by atoms with Crippen molar-refractivity contribution in [3.05, 3.63) is 15.6 Å². The lowest BCUT2D eigenvalue weighted by Gasteiger charge is -2.11. The highest BCUT2D eigenvalue weighted by Crippen LogP contribution is 2.37. The van der Waals surface area contributed by atoms with Crippen molar-refractivity contribution in [2.75, 3.05) is 0 Å². The number of carboxylic acids is 1. The highest BCUT2D eigenvalue weighted by molar-refractivity contribution is 7.12. The standard InChI is InChI=1S/C14H21NO2S/c1-2-7-11-15-12(14(16)17)13(18-11)10-8-5-3-4-6-9-10/h10H,2-9H2,1H3,(H,16,17). The molecule has 18 heavy (non-hydrogen) atoms. The highest BCUT2D eigenvalue weighted by Gasteiger charge is 2.24. The number of aryl methyl sites for hydroxylation is 1. The monoisotopic (exact) mass is 267 g/mol. The molecule has 1 aliphatic carbocycles. The molecule has 4 heteroatoms. The number of hydrogen-bond donors (Lipinski definition) is 1. The van der Waals surface area contributed by atoms with Gasteiger partial charge in [0.25, 0.3) is 0 Å². The number of aromatic nitrogens is 1. The predicted molar refractivity (Wildman–Crippen MR) is 73.5 cm³/mol. The fourth-order valence-corrected chi connectivity index (χ4v) is 4.00. The molecule has 1 fully saturated rings. The summed E-state index contributed by atoms with van der Waals surface area (Å²) in [4.78, 5) is 16.7. The topological polar surface area (TPSA) is 50.2 Å². The van der Waals surface area contributed by atoms with Crippen molar-refractivity contribution in [2.24, 2.45) is 0 Å². The van der Waals surface area contributed by atoms with E-state index in [2.05, 4.69) is 11.9 Å². The average Bonchev–Trinajstić information content (AvgIpc) is 2.59. The maximum atomic E-state index is 11.3. The summed E-state index contributed by atoms with van der Waals surface area (Å²) in [6.45, 7) is 2.10. The summed E-state index contributed by atoms with van der Waals surface area (Å²) < 4.78 is 0. The van der Waals surface area contributed by atoms with E-state index in [0.717, 1.165) is 35.6 Å². The Kier molecular flexibility index (Phi) is 4.75. The van der Waals surface area contributed by atoms with Crippen molar-refractivity contribution in [3.63, 3.8) is 0 Å². The smallest absolute Gasteiger partial charge is 0.355 e. The van der Waals surface area contributed by atoms with Gasteiger partial charge in [-0.2, -0.15) is 0 Å². The first-order valence-electron chi connectivity index (χ1n) is 6.95. The first-order valence-corrected chi connectivity index (χ1v) is 7.77. The Morgan fingerprint density at radius 2 is 2.00 bits per heavy atom. The number of hydrogen-bond acceptors (Lipinski definition) is 3. The summed E-state index contributed by atoms with van der Waals surface area (Å²) in [5.74, 6) is -0.422. The van der Waals surface area contributed by atoms with Crippen molar-refractivity contribution in [3.8, 4) is 0 Å². The number of rotatable bonds is 4. The lowest BCUT2D eigenvalue weighted by atomic mass is 9.97. The number of thiazole rings is 1. The summed E-state index contributed by atoms with van der Waals surface area (Å²) >= 11 is 1.64. The predicted octanol–water partition coefficient (Wildman–Crippen LogP) is 4.23. The molecule has 0 radical (unpaired) electrons. The Hall–Kier alpha value is -0.900. The van der Waals surface area contributed by atoms with Crippen molar-refractivity contribution >= 4 is 17.3 Å². The van der Waals surface area contributed by atoms with Crippen LogP contribution in [0, 0.1) is 0 Å². The van der Waals surface area contributed by atoms with Crippen molar-refractivity contribution in [1.29, 1.82) is 0 Å². The molecular weight excluding hydrogens is 246 g/mol. The van der Waals surface area contributed by atoms with Gasteiger partial charge in [0.1, 0.15) is 0 Å². The van der Waals surface area contributed by atoms with E-state index in [1.54, 1.807) is 11.3 Å². The molecule has 2 rings (SSSR count). The second-order valence-corrected chi connectivity index (χ2v) is 6.18. The van der Waals surface area contributed by atoms with Crippen LogP contribution >= 0.6 is 11.3 Å². The van der Waals surface area contributed by atoms with Crippen LogP contribution in [0.4, 0.5) is 0 Å². The van der Waals surface area contributed by atoms with Crippen LogP contribution in [0.3, 0.4) is 0 Å². The van der Waals surface area contributed by atoms with Crippen LogP contribution < -0.4 is 0 Å². The molecule has 3 nitrogen and oxygen atoms in total. The molecule has 0 aromatic carbocycles. The molecule has 1 heterocycles. The molecule has 0 unspecified atom stereocenters. The molecule has 1 aromatic rings. The van der Waals surface area contributed by atoms with Gasteiger partial charge in [0.15, 0.2) is 5.69 Å². The van der Waals surface area contributed by atoms with E-state index in [4.69, 9.17) is 0 Å². The Labute approximate surface area is 112 Å². The van der Waals surface area contributed by atoms with Gasteiger partial charge in [-0.15, -0.1) is 11.3 Å². The average molecular weight is 267 g/mol. The van der Waals surface area contributed by atoms with Gasteiger partial charge in [0.2, 0.25) is 0 Å². The minimum atomic E-state index is -0.854. The van der Waals surface area contributed by atoms with E-state index in [-0.39, 0.29) is 0 Å². The van der Waals surface area contributed by atoms with E-state index in [1.165, 1.54) is 25.7 Å². The van der Waals surface area contributed by atoms with Crippen molar-refractivity contribution in [2.45, 2.75) is 64.2 Å². The molecule has 0 bridgehead atoms. The van der Waals surface area contributed by atoms with Crippen LogP contribution in [-0.2, 0) is 6.42 Å². The molecule has 0 saturated heterocycles. The lowest BCUT2D eigenvalue weighted by Crippen LogP contribution is -2.05. The maximum absolute atomic E-state index is 11.3. The second kappa shape index (κ2) is 6.32. The zero-order valence-corrected chi connectivity index (χ0v) is 11.8. The maximum Gasteiger partial charge on any atom is 0.355 e. The van der Waals surface area contributed by atoms with Crippen LogP contribution in [0.15, 0.2) is 0 Å². The first-order chi connectivity index (χ1) is 8.72. The molecule has 100 valence electrons. The number of nitrogens with zero attached hydrogens (tertiary/aromatic N) is 1. The third-order valence-electron chi connectivity index (χ3n) is 3.59. The number of carboxylic acid groups (broad SMARTS) is 1. The fourth-order valence-electron chi connectivity index (χ4n) is 2.67. The molecule has 1 saturated carbocycles. The molecule has 0 aliphatic heterocycles. The van der Waals surface area contributed by atoms with Gasteiger partial charge in [0.05, 0.1) is 5.01 Å². The number of aromatic carboxylic acids is 1. The Bertz CT molecular complexity index is 406. The summed E-state index contributed by atoms with van der Waals surface area (Å²) in [6.07, 6.45) is 9.23. The molecule has 0 atom stereocenters. The van der Waals surface area contributed by atoms with Crippen molar-refractivity contribution in [1.82, 2.24) is 4.98 Å². The van der Waals surface area contributed by atoms with Gasteiger partial charge < -0.3 is 5.11 Å². The van der Waals surface area contributed by atoms with E-state index in [1.807, 2.05) is 0 Å².